The van der Waals surface area contributed by atoms with Crippen LogP contribution in [0.2, 0.25) is 0 Å². The van der Waals surface area contributed by atoms with Gasteiger partial charge in [-0.2, -0.15) is 0 Å². The molecule has 94 valence electrons. The van der Waals surface area contributed by atoms with Crippen LogP contribution >= 0.6 is 0 Å². The molecule has 0 bridgehead atoms. The maximum Gasteiger partial charge on any atom is 0.311 e. The largest absolute Gasteiger partial charge is 0.487 e. The number of carbonyl (C=O) groups excluding carboxylic acids is 1. The molecular weight excluding hydrogens is 216 g/mol. The van der Waals surface area contributed by atoms with Gasteiger partial charge in [0.15, 0.2) is 11.5 Å². The van der Waals surface area contributed by atoms with Gasteiger partial charge in [0.2, 0.25) is 0 Å². The van der Waals surface area contributed by atoms with Crippen molar-refractivity contribution < 1.29 is 14.3 Å². The van der Waals surface area contributed by atoms with Crippen LogP contribution in [0.4, 0.5) is 0 Å². The molecule has 1 rings (SSSR count). The zero-order chi connectivity index (χ0) is 12.7. The molecule has 0 aromatic heterocycles. The van der Waals surface area contributed by atoms with Gasteiger partial charge in [-0.3, -0.25) is 4.79 Å². The van der Waals surface area contributed by atoms with E-state index in [0.717, 1.165) is 12.8 Å². The summed E-state index contributed by atoms with van der Waals surface area (Å²) < 4.78 is 10.9. The molecule has 0 aliphatic rings. The van der Waals surface area contributed by atoms with E-state index in [4.69, 9.17) is 9.47 Å². The Labute approximate surface area is 103 Å². The molecule has 0 unspecified atom stereocenters. The molecule has 0 atom stereocenters. The standard InChI is InChI=1S/C14H20O3/c1-4-5-10-14(15)17-13-9-7-6-8-12(13)16-11(2)3/h6-9,11H,4-5,10H2,1-3H3. The van der Waals surface area contributed by atoms with Crippen molar-refractivity contribution in [2.45, 2.75) is 46.1 Å². The first-order chi connectivity index (χ1) is 8.13. The Hall–Kier alpha value is -1.51. The lowest BCUT2D eigenvalue weighted by Crippen LogP contribution is -2.11. The van der Waals surface area contributed by atoms with E-state index in [1.165, 1.54) is 0 Å². The van der Waals surface area contributed by atoms with Crippen LogP contribution < -0.4 is 9.47 Å². The quantitative estimate of drug-likeness (QED) is 0.559. The number of ether oxygens (including phenoxy) is 2. The number of para-hydroxylation sites is 2. The normalized spacial score (nSPS) is 10.4. The Kier molecular flexibility index (Phi) is 5.53. The number of hydrogen-bond acceptors (Lipinski definition) is 3. The predicted molar refractivity (Wildman–Crippen MR) is 67.4 cm³/mol. The minimum Gasteiger partial charge on any atom is -0.487 e. The first-order valence-electron chi connectivity index (χ1n) is 6.09. The molecule has 0 fully saturated rings. The summed E-state index contributed by atoms with van der Waals surface area (Å²) in [5.74, 6) is 0.918. The average Bonchev–Trinajstić information content (AvgIpc) is 2.28. The topological polar surface area (TPSA) is 35.5 Å². The SMILES string of the molecule is CCCCC(=O)Oc1ccccc1OC(C)C. The molecule has 17 heavy (non-hydrogen) atoms. The molecule has 0 radical (unpaired) electrons. The smallest absolute Gasteiger partial charge is 0.311 e. The highest BCUT2D eigenvalue weighted by Gasteiger charge is 2.10. The number of esters is 1. The molecule has 1 aromatic rings. The second-order valence-electron chi connectivity index (χ2n) is 4.19. The maximum absolute atomic E-state index is 11.5. The van der Waals surface area contributed by atoms with Crippen LogP contribution in [0.5, 0.6) is 11.5 Å². The van der Waals surface area contributed by atoms with E-state index >= 15 is 0 Å². The molecule has 0 saturated heterocycles. The van der Waals surface area contributed by atoms with E-state index in [1.807, 2.05) is 39.0 Å². The van der Waals surface area contributed by atoms with E-state index in [1.54, 1.807) is 6.07 Å². The van der Waals surface area contributed by atoms with E-state index in [0.29, 0.717) is 17.9 Å². The number of rotatable bonds is 6. The van der Waals surface area contributed by atoms with Crippen LogP contribution in [0.3, 0.4) is 0 Å². The van der Waals surface area contributed by atoms with Gasteiger partial charge in [0, 0.05) is 6.42 Å². The minimum absolute atomic E-state index is 0.0606. The lowest BCUT2D eigenvalue weighted by atomic mass is 10.2. The first-order valence-corrected chi connectivity index (χ1v) is 6.09. The monoisotopic (exact) mass is 236 g/mol. The van der Waals surface area contributed by atoms with Crippen molar-refractivity contribution in [1.82, 2.24) is 0 Å². The minimum atomic E-state index is -0.202. The summed E-state index contributed by atoms with van der Waals surface area (Å²) in [5.41, 5.74) is 0. The molecule has 0 amide bonds. The van der Waals surface area contributed by atoms with Crippen LogP contribution in [-0.2, 0) is 4.79 Å². The lowest BCUT2D eigenvalue weighted by molar-refractivity contribution is -0.134. The third-order valence-corrected chi connectivity index (χ3v) is 2.17. The molecule has 0 saturated carbocycles. The number of unbranched alkanes of at least 4 members (excludes halogenated alkanes) is 1. The Morgan fingerprint density at radius 3 is 2.47 bits per heavy atom. The first kappa shape index (κ1) is 13.6. The number of carbonyl (C=O) groups is 1. The lowest BCUT2D eigenvalue weighted by Gasteiger charge is -2.13. The summed E-state index contributed by atoms with van der Waals surface area (Å²) in [5, 5.41) is 0. The van der Waals surface area contributed by atoms with Gasteiger partial charge in [-0.25, -0.2) is 0 Å². The van der Waals surface area contributed by atoms with E-state index in [9.17, 15) is 4.79 Å². The van der Waals surface area contributed by atoms with Crippen molar-refractivity contribution in [3.63, 3.8) is 0 Å². The highest BCUT2D eigenvalue weighted by atomic mass is 16.6. The van der Waals surface area contributed by atoms with Gasteiger partial charge in [-0.05, 0) is 32.4 Å². The Morgan fingerprint density at radius 1 is 1.24 bits per heavy atom. The maximum atomic E-state index is 11.5. The molecule has 0 spiro atoms. The fraction of sp³-hybridized carbons (Fsp3) is 0.500. The van der Waals surface area contributed by atoms with Gasteiger partial charge in [0.1, 0.15) is 0 Å². The van der Waals surface area contributed by atoms with E-state index in [-0.39, 0.29) is 12.1 Å². The van der Waals surface area contributed by atoms with Crippen LogP contribution in [0, 0.1) is 0 Å². The molecule has 0 aliphatic carbocycles. The molecular formula is C14H20O3. The Bertz CT molecular complexity index is 358. The molecule has 0 aliphatic heterocycles. The average molecular weight is 236 g/mol. The van der Waals surface area contributed by atoms with Gasteiger partial charge >= 0.3 is 5.97 Å². The van der Waals surface area contributed by atoms with Crippen molar-refractivity contribution in [3.8, 4) is 11.5 Å². The van der Waals surface area contributed by atoms with Crippen molar-refractivity contribution in [2.24, 2.45) is 0 Å². The summed E-state index contributed by atoms with van der Waals surface area (Å²) >= 11 is 0. The molecule has 1 aromatic carbocycles. The van der Waals surface area contributed by atoms with E-state index in [2.05, 4.69) is 0 Å². The Balaban J connectivity index is 2.66. The fourth-order valence-electron chi connectivity index (χ4n) is 1.38. The van der Waals surface area contributed by atoms with Crippen molar-refractivity contribution >= 4 is 5.97 Å². The molecule has 0 heterocycles. The molecule has 0 N–H and O–H groups in total. The molecule has 3 nitrogen and oxygen atoms in total. The summed E-state index contributed by atoms with van der Waals surface area (Å²) in [6.07, 6.45) is 2.35. The summed E-state index contributed by atoms with van der Waals surface area (Å²) in [7, 11) is 0. The van der Waals surface area contributed by atoms with Crippen LogP contribution in [0.1, 0.15) is 40.0 Å². The third-order valence-electron chi connectivity index (χ3n) is 2.17. The van der Waals surface area contributed by atoms with Crippen LogP contribution in [0.25, 0.3) is 0 Å². The van der Waals surface area contributed by atoms with E-state index < -0.39 is 0 Å². The second-order valence-corrected chi connectivity index (χ2v) is 4.19. The zero-order valence-corrected chi connectivity index (χ0v) is 10.7. The van der Waals surface area contributed by atoms with Crippen molar-refractivity contribution in [2.75, 3.05) is 0 Å². The summed E-state index contributed by atoms with van der Waals surface area (Å²) in [6, 6.07) is 7.25. The zero-order valence-electron chi connectivity index (χ0n) is 10.7. The van der Waals surface area contributed by atoms with Crippen LogP contribution in [0.15, 0.2) is 24.3 Å². The van der Waals surface area contributed by atoms with Gasteiger partial charge in [0.25, 0.3) is 0 Å². The second kappa shape index (κ2) is 6.94. The highest BCUT2D eigenvalue weighted by Crippen LogP contribution is 2.27. The van der Waals surface area contributed by atoms with Crippen LogP contribution in [-0.4, -0.2) is 12.1 Å². The van der Waals surface area contributed by atoms with Crippen molar-refractivity contribution in [1.29, 1.82) is 0 Å². The Morgan fingerprint density at radius 2 is 1.88 bits per heavy atom. The van der Waals surface area contributed by atoms with Gasteiger partial charge in [-0.15, -0.1) is 0 Å². The number of benzene rings is 1. The van der Waals surface area contributed by atoms with Gasteiger partial charge in [-0.1, -0.05) is 25.5 Å². The van der Waals surface area contributed by atoms with Gasteiger partial charge < -0.3 is 9.47 Å². The van der Waals surface area contributed by atoms with Crippen molar-refractivity contribution in [3.05, 3.63) is 24.3 Å². The third kappa shape index (κ3) is 4.89. The van der Waals surface area contributed by atoms with Gasteiger partial charge in [0.05, 0.1) is 6.10 Å². The molecule has 3 heteroatoms. The number of hydrogen-bond donors (Lipinski definition) is 0. The fourth-order valence-corrected chi connectivity index (χ4v) is 1.38. The predicted octanol–water partition coefficient (Wildman–Crippen LogP) is 3.57. The highest BCUT2D eigenvalue weighted by molar-refractivity contribution is 5.73. The summed E-state index contributed by atoms with van der Waals surface area (Å²) in [4.78, 5) is 11.5. The summed E-state index contributed by atoms with van der Waals surface area (Å²) in [6.45, 7) is 5.93.